The molecule has 0 bridgehead atoms. The molecular formula is C23H31N3. The van der Waals surface area contributed by atoms with Gasteiger partial charge in [0, 0.05) is 32.0 Å². The topological polar surface area (TPSA) is 19.4 Å². The second-order valence-corrected chi connectivity index (χ2v) is 8.31. The molecule has 1 saturated heterocycles. The lowest BCUT2D eigenvalue weighted by molar-refractivity contribution is 0.176. The van der Waals surface area contributed by atoms with E-state index in [2.05, 4.69) is 58.2 Å². The first kappa shape index (κ1) is 17.7. The lowest BCUT2D eigenvalue weighted by Gasteiger charge is -2.38. The largest absolute Gasteiger partial charge is 0.302 e. The lowest BCUT2D eigenvalue weighted by atomic mass is 9.71. The minimum absolute atomic E-state index is 0.773. The number of aromatic nitrogens is 1. The first-order chi connectivity index (χ1) is 12.8. The van der Waals surface area contributed by atoms with Crippen molar-refractivity contribution in [3.63, 3.8) is 0 Å². The summed E-state index contributed by atoms with van der Waals surface area (Å²) in [4.78, 5) is 9.13. The van der Waals surface area contributed by atoms with Gasteiger partial charge in [-0.05, 0) is 86.5 Å². The molecule has 2 aromatic rings. The molecule has 1 aromatic carbocycles. The molecule has 1 aliphatic carbocycles. The van der Waals surface area contributed by atoms with Crippen LogP contribution in [0.3, 0.4) is 0 Å². The Morgan fingerprint density at radius 2 is 1.65 bits per heavy atom. The molecule has 138 valence electrons. The average Bonchev–Trinajstić information content (AvgIpc) is 3.13. The summed E-state index contributed by atoms with van der Waals surface area (Å²) >= 11 is 0. The van der Waals surface area contributed by atoms with Crippen LogP contribution in [0.5, 0.6) is 0 Å². The number of hydrogen-bond acceptors (Lipinski definition) is 3. The Balaban J connectivity index is 1.21. The molecule has 0 amide bonds. The van der Waals surface area contributed by atoms with Gasteiger partial charge in [0.25, 0.3) is 0 Å². The van der Waals surface area contributed by atoms with Gasteiger partial charge in [0.05, 0.1) is 0 Å². The predicted octanol–water partition coefficient (Wildman–Crippen LogP) is 4.30. The van der Waals surface area contributed by atoms with E-state index in [0.29, 0.717) is 0 Å². The van der Waals surface area contributed by atoms with Gasteiger partial charge in [-0.3, -0.25) is 9.88 Å². The zero-order valence-corrected chi connectivity index (χ0v) is 16.0. The van der Waals surface area contributed by atoms with Crippen molar-refractivity contribution in [1.29, 1.82) is 0 Å². The highest BCUT2D eigenvalue weighted by Gasteiger charge is 2.30. The third-order valence-electron chi connectivity index (χ3n) is 6.06. The molecule has 3 heteroatoms. The molecule has 0 radical (unpaired) electrons. The van der Waals surface area contributed by atoms with E-state index in [1.165, 1.54) is 56.4 Å². The summed E-state index contributed by atoms with van der Waals surface area (Å²) < 4.78 is 0. The van der Waals surface area contributed by atoms with E-state index in [9.17, 15) is 0 Å². The fraction of sp³-hybridized carbons (Fsp3) is 0.522. The van der Waals surface area contributed by atoms with Gasteiger partial charge < -0.3 is 4.90 Å². The molecule has 1 aliphatic heterocycles. The first-order valence-corrected chi connectivity index (χ1v) is 10.1. The summed E-state index contributed by atoms with van der Waals surface area (Å²) in [5, 5.41) is 0. The SMILES string of the molecule is CN(Cc1ccncc1)CC1CC(c2ccc(CN3CCCC3)cc2)C1. The standard InChI is InChI=1S/C23H31N3/c1-25(16-20-8-10-24-11-9-20)17-21-14-23(15-21)22-6-4-19(5-7-22)18-26-12-2-3-13-26/h4-11,21,23H,2-3,12-18H2,1H3. The van der Waals surface area contributed by atoms with Crippen molar-refractivity contribution in [3.8, 4) is 0 Å². The third kappa shape index (κ3) is 4.52. The van der Waals surface area contributed by atoms with Crippen molar-refractivity contribution in [1.82, 2.24) is 14.8 Å². The lowest BCUT2D eigenvalue weighted by Crippen LogP contribution is -2.33. The highest BCUT2D eigenvalue weighted by Crippen LogP contribution is 2.42. The average molecular weight is 350 g/mol. The Morgan fingerprint density at radius 1 is 0.962 bits per heavy atom. The van der Waals surface area contributed by atoms with E-state index < -0.39 is 0 Å². The number of nitrogens with zero attached hydrogens (tertiary/aromatic N) is 3. The maximum absolute atomic E-state index is 4.10. The molecule has 0 unspecified atom stereocenters. The number of hydrogen-bond donors (Lipinski definition) is 0. The van der Waals surface area contributed by atoms with E-state index in [0.717, 1.165) is 24.9 Å². The van der Waals surface area contributed by atoms with Crippen molar-refractivity contribution in [2.24, 2.45) is 5.92 Å². The second kappa shape index (κ2) is 8.32. The maximum atomic E-state index is 4.10. The number of pyridine rings is 1. The number of rotatable bonds is 7. The Morgan fingerprint density at radius 3 is 2.35 bits per heavy atom. The second-order valence-electron chi connectivity index (χ2n) is 8.31. The molecule has 0 spiro atoms. The van der Waals surface area contributed by atoms with Gasteiger partial charge in [0.15, 0.2) is 0 Å². The Hall–Kier alpha value is -1.71. The third-order valence-corrected chi connectivity index (χ3v) is 6.06. The highest BCUT2D eigenvalue weighted by atomic mass is 15.1. The Kier molecular flexibility index (Phi) is 5.66. The van der Waals surface area contributed by atoms with Crippen LogP contribution in [0, 0.1) is 5.92 Å². The van der Waals surface area contributed by atoms with Crippen LogP contribution < -0.4 is 0 Å². The smallest absolute Gasteiger partial charge is 0.0271 e. The van der Waals surface area contributed by atoms with E-state index in [4.69, 9.17) is 0 Å². The van der Waals surface area contributed by atoms with E-state index >= 15 is 0 Å². The van der Waals surface area contributed by atoms with Gasteiger partial charge in [-0.1, -0.05) is 24.3 Å². The van der Waals surface area contributed by atoms with E-state index in [1.807, 2.05) is 12.4 Å². The Labute approximate surface area is 158 Å². The van der Waals surface area contributed by atoms with Crippen LogP contribution in [-0.4, -0.2) is 41.5 Å². The number of benzene rings is 1. The predicted molar refractivity (Wildman–Crippen MR) is 107 cm³/mol. The van der Waals surface area contributed by atoms with E-state index in [1.54, 1.807) is 5.56 Å². The maximum Gasteiger partial charge on any atom is 0.0271 e. The van der Waals surface area contributed by atoms with Gasteiger partial charge in [0.1, 0.15) is 0 Å². The minimum atomic E-state index is 0.773. The van der Waals surface area contributed by atoms with Crippen molar-refractivity contribution in [2.45, 2.75) is 44.7 Å². The Bertz CT molecular complexity index is 670. The summed E-state index contributed by atoms with van der Waals surface area (Å²) in [6.07, 6.45) is 9.19. The van der Waals surface area contributed by atoms with Crippen molar-refractivity contribution in [3.05, 3.63) is 65.5 Å². The van der Waals surface area contributed by atoms with E-state index in [-0.39, 0.29) is 0 Å². The van der Waals surface area contributed by atoms with Gasteiger partial charge in [-0.25, -0.2) is 0 Å². The van der Waals surface area contributed by atoms with Crippen LogP contribution in [0.2, 0.25) is 0 Å². The monoisotopic (exact) mass is 349 g/mol. The molecule has 3 nitrogen and oxygen atoms in total. The van der Waals surface area contributed by atoms with Gasteiger partial charge in [0.2, 0.25) is 0 Å². The normalized spacial score (nSPS) is 23.3. The van der Waals surface area contributed by atoms with Crippen LogP contribution in [-0.2, 0) is 13.1 Å². The van der Waals surface area contributed by atoms with Crippen molar-refractivity contribution in [2.75, 3.05) is 26.7 Å². The van der Waals surface area contributed by atoms with Crippen LogP contribution in [0.15, 0.2) is 48.8 Å². The summed E-state index contributed by atoms with van der Waals surface area (Å²) in [6, 6.07) is 13.7. The van der Waals surface area contributed by atoms with Gasteiger partial charge in [-0.15, -0.1) is 0 Å². The summed E-state index contributed by atoms with van der Waals surface area (Å²) in [7, 11) is 2.24. The van der Waals surface area contributed by atoms with Crippen LogP contribution >= 0.6 is 0 Å². The molecule has 2 aliphatic rings. The fourth-order valence-corrected chi connectivity index (χ4v) is 4.56. The zero-order valence-electron chi connectivity index (χ0n) is 16.0. The zero-order chi connectivity index (χ0) is 17.8. The van der Waals surface area contributed by atoms with Crippen LogP contribution in [0.4, 0.5) is 0 Å². The summed E-state index contributed by atoms with van der Waals surface area (Å²) in [5.41, 5.74) is 4.37. The number of likely N-dealkylation sites (tertiary alicyclic amines) is 1. The molecule has 2 heterocycles. The summed E-state index contributed by atoms with van der Waals surface area (Å²) in [6.45, 7) is 5.91. The summed E-state index contributed by atoms with van der Waals surface area (Å²) in [5.74, 6) is 1.62. The van der Waals surface area contributed by atoms with Crippen molar-refractivity contribution < 1.29 is 0 Å². The fourth-order valence-electron chi connectivity index (χ4n) is 4.56. The minimum Gasteiger partial charge on any atom is -0.302 e. The highest BCUT2D eigenvalue weighted by molar-refractivity contribution is 5.27. The van der Waals surface area contributed by atoms with Crippen LogP contribution in [0.1, 0.15) is 48.3 Å². The van der Waals surface area contributed by atoms with Gasteiger partial charge in [-0.2, -0.15) is 0 Å². The van der Waals surface area contributed by atoms with Gasteiger partial charge >= 0.3 is 0 Å². The molecule has 26 heavy (non-hydrogen) atoms. The molecule has 2 fully saturated rings. The first-order valence-electron chi connectivity index (χ1n) is 10.1. The quantitative estimate of drug-likeness (QED) is 0.743. The molecular weight excluding hydrogens is 318 g/mol. The molecule has 1 aromatic heterocycles. The van der Waals surface area contributed by atoms with Crippen molar-refractivity contribution >= 4 is 0 Å². The molecule has 0 N–H and O–H groups in total. The molecule has 4 rings (SSSR count). The molecule has 1 saturated carbocycles. The van der Waals surface area contributed by atoms with Crippen LogP contribution in [0.25, 0.3) is 0 Å². The molecule has 0 atom stereocenters.